The lowest BCUT2D eigenvalue weighted by Gasteiger charge is -2.34. The number of methoxy groups -OCH3 is 1. The largest absolute Gasteiger partial charge is 0.497 e. The third-order valence-corrected chi connectivity index (χ3v) is 5.36. The van der Waals surface area contributed by atoms with Gasteiger partial charge in [-0.2, -0.15) is 0 Å². The van der Waals surface area contributed by atoms with Crippen LogP contribution in [0.3, 0.4) is 0 Å². The second-order valence-corrected chi connectivity index (χ2v) is 7.56. The van der Waals surface area contributed by atoms with E-state index in [9.17, 15) is 14.4 Å². The summed E-state index contributed by atoms with van der Waals surface area (Å²) in [6, 6.07) is 15.4. The molecule has 0 unspecified atom stereocenters. The predicted octanol–water partition coefficient (Wildman–Crippen LogP) is 3.34. The molecule has 8 heteroatoms. The van der Waals surface area contributed by atoms with Gasteiger partial charge < -0.3 is 19.2 Å². The fourth-order valence-corrected chi connectivity index (χ4v) is 3.62. The Labute approximate surface area is 191 Å². The topological polar surface area (TPSA) is 98.1 Å². The maximum atomic E-state index is 13.0. The summed E-state index contributed by atoms with van der Waals surface area (Å²) in [5.74, 6) is 0.333. The average Bonchev–Trinajstić information content (AvgIpc) is 3.38. The summed E-state index contributed by atoms with van der Waals surface area (Å²) in [6.45, 7) is 1.92. The van der Waals surface area contributed by atoms with E-state index in [-0.39, 0.29) is 36.4 Å². The molecule has 0 fully saturated rings. The Morgan fingerprint density at radius 1 is 1.12 bits per heavy atom. The quantitative estimate of drug-likeness (QED) is 0.531. The van der Waals surface area contributed by atoms with Crippen LogP contribution in [0.4, 0.5) is 5.69 Å². The van der Waals surface area contributed by atoms with Crippen LogP contribution in [0, 0.1) is 0 Å². The number of carbonyl (C=O) groups excluding carboxylic acids is 3. The lowest BCUT2D eigenvalue weighted by atomic mass is 10.0. The first kappa shape index (κ1) is 22.1. The molecule has 0 bridgehead atoms. The van der Waals surface area contributed by atoms with Gasteiger partial charge in [0.2, 0.25) is 11.7 Å². The predicted molar refractivity (Wildman–Crippen MR) is 120 cm³/mol. The molecule has 0 saturated carbocycles. The molecule has 0 aliphatic carbocycles. The summed E-state index contributed by atoms with van der Waals surface area (Å²) < 4.78 is 16.2. The zero-order chi connectivity index (χ0) is 23.4. The fraction of sp³-hybridized carbons (Fsp3) is 0.240. The van der Waals surface area contributed by atoms with E-state index in [0.29, 0.717) is 29.2 Å². The van der Waals surface area contributed by atoms with Gasteiger partial charge in [0.15, 0.2) is 11.9 Å². The van der Waals surface area contributed by atoms with E-state index >= 15 is 0 Å². The summed E-state index contributed by atoms with van der Waals surface area (Å²) in [7, 11) is 1.58. The molecule has 1 atom stereocenters. The number of ketones is 1. The zero-order valence-electron chi connectivity index (χ0n) is 18.4. The first-order valence-corrected chi connectivity index (χ1v) is 10.6. The van der Waals surface area contributed by atoms with E-state index in [0.717, 1.165) is 5.56 Å². The molecule has 33 heavy (non-hydrogen) atoms. The van der Waals surface area contributed by atoms with Crippen LogP contribution >= 0.6 is 0 Å². The van der Waals surface area contributed by atoms with Crippen molar-refractivity contribution in [2.24, 2.45) is 0 Å². The Morgan fingerprint density at radius 2 is 1.97 bits per heavy atom. The highest BCUT2D eigenvalue weighted by Crippen LogP contribution is 2.36. The smallest absolute Gasteiger partial charge is 0.268 e. The summed E-state index contributed by atoms with van der Waals surface area (Å²) in [5.41, 5.74) is 1.57. The molecule has 3 aromatic rings. The molecule has 0 saturated heterocycles. The number of hydrogen-bond donors (Lipinski definition) is 1. The molecular formula is C25H24N2O6. The lowest BCUT2D eigenvalue weighted by Crippen LogP contribution is -2.49. The van der Waals surface area contributed by atoms with Crippen LogP contribution in [0.2, 0.25) is 0 Å². The van der Waals surface area contributed by atoms with Gasteiger partial charge in [-0.05, 0) is 54.4 Å². The molecule has 1 aromatic heterocycles. The fourth-order valence-electron chi connectivity index (χ4n) is 3.62. The highest BCUT2D eigenvalue weighted by Gasteiger charge is 2.35. The molecule has 0 spiro atoms. The zero-order valence-corrected chi connectivity index (χ0v) is 18.4. The third kappa shape index (κ3) is 4.74. The number of anilines is 1. The molecule has 0 radical (unpaired) electrons. The monoisotopic (exact) mass is 448 g/mol. The summed E-state index contributed by atoms with van der Waals surface area (Å²) >= 11 is 0. The molecule has 2 amide bonds. The first-order chi connectivity index (χ1) is 16.0. The number of nitrogens with zero attached hydrogens (tertiary/aromatic N) is 1. The van der Waals surface area contributed by atoms with Gasteiger partial charge in [-0.25, -0.2) is 0 Å². The summed E-state index contributed by atoms with van der Waals surface area (Å²) in [6.07, 6.45) is 1.17. The van der Waals surface area contributed by atoms with Gasteiger partial charge >= 0.3 is 0 Å². The van der Waals surface area contributed by atoms with Gasteiger partial charge in [0, 0.05) is 12.1 Å². The number of fused-ring (bicyclic) bond motifs is 1. The van der Waals surface area contributed by atoms with Crippen LogP contribution in [-0.2, 0) is 16.1 Å². The van der Waals surface area contributed by atoms with Crippen molar-refractivity contribution in [3.8, 4) is 11.5 Å². The van der Waals surface area contributed by atoms with E-state index in [1.165, 1.54) is 11.2 Å². The minimum atomic E-state index is -0.699. The minimum Gasteiger partial charge on any atom is -0.497 e. The molecule has 1 aliphatic rings. The van der Waals surface area contributed by atoms with Crippen molar-refractivity contribution in [2.75, 3.05) is 18.6 Å². The highest BCUT2D eigenvalue weighted by atomic mass is 16.5. The number of rotatable bonds is 8. The van der Waals surface area contributed by atoms with Crippen molar-refractivity contribution >= 4 is 23.3 Å². The van der Waals surface area contributed by atoms with E-state index in [1.54, 1.807) is 37.4 Å². The van der Waals surface area contributed by atoms with Crippen molar-refractivity contribution < 1.29 is 28.3 Å². The number of nitrogens with one attached hydrogen (secondary N) is 1. The van der Waals surface area contributed by atoms with Crippen LogP contribution in [0.15, 0.2) is 65.3 Å². The van der Waals surface area contributed by atoms with E-state index in [4.69, 9.17) is 13.9 Å². The van der Waals surface area contributed by atoms with E-state index < -0.39 is 6.10 Å². The molecule has 2 aromatic carbocycles. The van der Waals surface area contributed by atoms with Crippen LogP contribution in [-0.4, -0.2) is 37.4 Å². The molecule has 1 N–H and O–H groups in total. The first-order valence-electron chi connectivity index (χ1n) is 10.6. The van der Waals surface area contributed by atoms with Gasteiger partial charge in [0.1, 0.15) is 18.0 Å². The Balaban J connectivity index is 1.55. The maximum absolute atomic E-state index is 13.0. The molecule has 170 valence electrons. The second kappa shape index (κ2) is 9.60. The van der Waals surface area contributed by atoms with E-state index in [1.807, 2.05) is 31.2 Å². The van der Waals surface area contributed by atoms with Gasteiger partial charge in [0.25, 0.3) is 5.91 Å². The highest BCUT2D eigenvalue weighted by molar-refractivity contribution is 6.10. The van der Waals surface area contributed by atoms with Crippen molar-refractivity contribution in [1.82, 2.24) is 5.32 Å². The van der Waals surface area contributed by atoms with Crippen LogP contribution < -0.4 is 19.7 Å². The van der Waals surface area contributed by atoms with Crippen molar-refractivity contribution in [3.63, 3.8) is 0 Å². The standard InChI is InChI=1S/C25H24N2O6/c1-3-20-25(30)27(15-23(28)26-14-16-6-4-7-18(12-16)31-2)19-13-17(9-10-21(19)33-20)24(29)22-8-5-11-32-22/h4-13,20H,3,14-15H2,1-2H3,(H,26,28)/t20-/m0/s1. The molecular weight excluding hydrogens is 424 g/mol. The number of carbonyl (C=O) groups is 3. The number of hydrogen-bond acceptors (Lipinski definition) is 6. The Morgan fingerprint density at radius 3 is 2.70 bits per heavy atom. The van der Waals surface area contributed by atoms with E-state index in [2.05, 4.69) is 5.32 Å². The number of furan rings is 1. The van der Waals surface area contributed by atoms with Crippen LogP contribution in [0.5, 0.6) is 11.5 Å². The summed E-state index contributed by atoms with van der Waals surface area (Å²) in [5, 5.41) is 2.83. The number of ether oxygens (including phenoxy) is 2. The SMILES string of the molecule is CC[C@@H]1Oc2ccc(C(=O)c3ccco3)cc2N(CC(=O)NCc2cccc(OC)c2)C1=O. The van der Waals surface area contributed by atoms with Crippen molar-refractivity contribution in [3.05, 3.63) is 77.7 Å². The molecule has 4 rings (SSSR count). The Bertz CT molecular complexity index is 1170. The van der Waals surface area contributed by atoms with Crippen LogP contribution in [0.25, 0.3) is 0 Å². The molecule has 2 heterocycles. The van der Waals surface area contributed by atoms with Crippen molar-refractivity contribution in [1.29, 1.82) is 0 Å². The molecule has 8 nitrogen and oxygen atoms in total. The number of benzene rings is 2. The van der Waals surface area contributed by atoms with Gasteiger partial charge in [0.05, 0.1) is 19.1 Å². The Kier molecular flexibility index (Phi) is 6.44. The van der Waals surface area contributed by atoms with Crippen LogP contribution in [0.1, 0.15) is 35.0 Å². The van der Waals surface area contributed by atoms with Gasteiger partial charge in [-0.15, -0.1) is 0 Å². The maximum Gasteiger partial charge on any atom is 0.268 e. The average molecular weight is 448 g/mol. The molecule has 1 aliphatic heterocycles. The lowest BCUT2D eigenvalue weighted by molar-refractivity contribution is -0.129. The third-order valence-electron chi connectivity index (χ3n) is 5.36. The summed E-state index contributed by atoms with van der Waals surface area (Å²) in [4.78, 5) is 39.8. The second-order valence-electron chi connectivity index (χ2n) is 7.56. The Hall–Kier alpha value is -4.07. The minimum absolute atomic E-state index is 0.187. The van der Waals surface area contributed by atoms with Crippen molar-refractivity contribution in [2.45, 2.75) is 26.0 Å². The number of amides is 2. The van der Waals surface area contributed by atoms with Gasteiger partial charge in [-0.1, -0.05) is 19.1 Å². The van der Waals surface area contributed by atoms with Gasteiger partial charge in [-0.3, -0.25) is 19.3 Å². The normalized spacial score (nSPS) is 14.9.